The fourth-order valence-corrected chi connectivity index (χ4v) is 3.70. The number of hydrogen-bond donors (Lipinski definition) is 2. The first-order valence-corrected chi connectivity index (χ1v) is 9.24. The number of anilines is 1. The number of hydrogen-bond acceptors (Lipinski definition) is 6. The maximum atomic E-state index is 11.9. The number of nitrogens with one attached hydrogen (secondary N) is 1. The minimum atomic E-state index is -3.71. The van der Waals surface area contributed by atoms with Crippen molar-refractivity contribution in [1.29, 1.82) is 0 Å². The molecule has 0 fully saturated rings. The molecule has 0 spiro atoms. The molecule has 1 heterocycles. The van der Waals surface area contributed by atoms with Crippen molar-refractivity contribution in [3.8, 4) is 0 Å². The molecule has 1 rings (SSSR count). The lowest BCUT2D eigenvalue weighted by atomic mass is 10.2. The minimum Gasteiger partial charge on any atom is -0.398 e. The maximum absolute atomic E-state index is 11.9. The fourth-order valence-electron chi connectivity index (χ4n) is 0.942. The van der Waals surface area contributed by atoms with Gasteiger partial charge in [-0.1, -0.05) is 0 Å². The van der Waals surface area contributed by atoms with Crippen LogP contribution in [0.4, 0.5) is 5.69 Å². The highest BCUT2D eigenvalue weighted by Gasteiger charge is 2.32. The maximum Gasteiger partial charge on any atom is 0.250 e. The highest BCUT2D eigenvalue weighted by atomic mass is 32.2. The van der Waals surface area contributed by atoms with Crippen molar-refractivity contribution in [3.05, 3.63) is 11.4 Å². The summed E-state index contributed by atoms with van der Waals surface area (Å²) in [6, 6.07) is 1.33. The Labute approximate surface area is 111 Å². The van der Waals surface area contributed by atoms with Gasteiger partial charge < -0.3 is 5.73 Å². The third-order valence-electron chi connectivity index (χ3n) is 2.55. The van der Waals surface area contributed by atoms with Gasteiger partial charge in [0.2, 0.25) is 10.0 Å². The van der Waals surface area contributed by atoms with E-state index in [9.17, 15) is 16.8 Å². The number of sulfone groups is 1. The first-order valence-electron chi connectivity index (χ1n) is 4.99. The molecule has 0 aliphatic rings. The Bertz CT molecular complexity index is 629. The third-order valence-corrected chi connectivity index (χ3v) is 7.56. The van der Waals surface area contributed by atoms with Crippen molar-refractivity contribution in [1.82, 2.24) is 4.72 Å². The highest BCUT2D eigenvalue weighted by molar-refractivity contribution is 7.92. The fraction of sp³-hybridized carbons (Fsp3) is 0.556. The first-order chi connectivity index (χ1) is 7.96. The molecule has 0 saturated heterocycles. The summed E-state index contributed by atoms with van der Waals surface area (Å²) in [5, 5.41) is 1.51. The molecule has 0 aliphatic carbocycles. The van der Waals surface area contributed by atoms with Crippen LogP contribution in [-0.4, -0.2) is 34.4 Å². The van der Waals surface area contributed by atoms with Gasteiger partial charge in [0.25, 0.3) is 0 Å². The smallest absolute Gasteiger partial charge is 0.250 e. The van der Waals surface area contributed by atoms with Crippen LogP contribution in [0.3, 0.4) is 0 Å². The van der Waals surface area contributed by atoms with Crippen LogP contribution in [0.1, 0.15) is 13.8 Å². The molecule has 3 N–H and O–H groups in total. The predicted molar refractivity (Wildman–Crippen MR) is 72.8 cm³/mol. The molecule has 0 amide bonds. The second kappa shape index (κ2) is 4.80. The Balaban J connectivity index is 2.87. The van der Waals surface area contributed by atoms with Crippen LogP contribution < -0.4 is 10.5 Å². The lowest BCUT2D eigenvalue weighted by Crippen LogP contribution is -2.43. The molecular weight excluding hydrogens is 296 g/mol. The lowest BCUT2D eigenvalue weighted by Gasteiger charge is -2.22. The Kier molecular flexibility index (Phi) is 4.11. The molecule has 18 heavy (non-hydrogen) atoms. The monoisotopic (exact) mass is 312 g/mol. The summed E-state index contributed by atoms with van der Waals surface area (Å²) in [7, 11) is -7.06. The highest BCUT2D eigenvalue weighted by Crippen LogP contribution is 2.22. The number of thiophene rings is 1. The summed E-state index contributed by atoms with van der Waals surface area (Å²) in [6.45, 7) is 2.74. The van der Waals surface area contributed by atoms with Crippen molar-refractivity contribution >= 4 is 36.9 Å². The minimum absolute atomic E-state index is 0.0734. The van der Waals surface area contributed by atoms with E-state index in [1.807, 2.05) is 0 Å². The van der Waals surface area contributed by atoms with E-state index in [1.54, 1.807) is 0 Å². The SMILES string of the molecule is CC(C)(CNS(=O)(=O)c1cc(N)cs1)S(C)(=O)=O. The van der Waals surface area contributed by atoms with Crippen LogP contribution in [0.5, 0.6) is 0 Å². The Hall–Kier alpha value is -0.640. The average molecular weight is 312 g/mol. The van der Waals surface area contributed by atoms with Crippen molar-refractivity contribution in [2.45, 2.75) is 22.8 Å². The van der Waals surface area contributed by atoms with E-state index in [1.165, 1.54) is 25.3 Å². The van der Waals surface area contributed by atoms with Gasteiger partial charge in [-0.3, -0.25) is 0 Å². The quantitative estimate of drug-likeness (QED) is 0.820. The predicted octanol–water partition coefficient (Wildman–Crippen LogP) is 0.432. The molecule has 9 heteroatoms. The van der Waals surface area contributed by atoms with Crippen molar-refractivity contribution in [2.24, 2.45) is 0 Å². The summed E-state index contributed by atoms with van der Waals surface area (Å²) >= 11 is 0.990. The number of rotatable bonds is 5. The van der Waals surface area contributed by atoms with Crippen LogP contribution in [0, 0.1) is 0 Å². The summed E-state index contributed by atoms with van der Waals surface area (Å²) < 4.78 is 47.8. The van der Waals surface area contributed by atoms with Gasteiger partial charge in [-0.15, -0.1) is 11.3 Å². The zero-order valence-electron chi connectivity index (χ0n) is 10.3. The van der Waals surface area contributed by atoms with Crippen molar-refractivity contribution in [3.63, 3.8) is 0 Å². The van der Waals surface area contributed by atoms with E-state index in [0.29, 0.717) is 5.69 Å². The molecule has 104 valence electrons. The second-order valence-corrected chi connectivity index (χ2v) is 10.1. The number of nitrogen functional groups attached to an aromatic ring is 1. The van der Waals surface area contributed by atoms with E-state index in [0.717, 1.165) is 17.6 Å². The van der Waals surface area contributed by atoms with Gasteiger partial charge in [0.05, 0.1) is 4.75 Å². The van der Waals surface area contributed by atoms with Gasteiger partial charge in [0.1, 0.15) is 4.21 Å². The van der Waals surface area contributed by atoms with Crippen molar-refractivity contribution in [2.75, 3.05) is 18.5 Å². The van der Waals surface area contributed by atoms with E-state index in [4.69, 9.17) is 5.73 Å². The molecule has 0 unspecified atom stereocenters. The molecule has 0 atom stereocenters. The number of sulfonamides is 1. The van der Waals surface area contributed by atoms with Gasteiger partial charge in [-0.05, 0) is 19.9 Å². The van der Waals surface area contributed by atoms with Gasteiger partial charge in [0, 0.05) is 23.9 Å². The van der Waals surface area contributed by atoms with E-state index >= 15 is 0 Å². The molecule has 0 radical (unpaired) electrons. The Morgan fingerprint density at radius 2 is 1.89 bits per heavy atom. The molecule has 0 aromatic carbocycles. The van der Waals surface area contributed by atoms with Crippen LogP contribution in [0.2, 0.25) is 0 Å². The molecule has 1 aromatic rings. The van der Waals surface area contributed by atoms with E-state index in [-0.39, 0.29) is 10.8 Å². The largest absolute Gasteiger partial charge is 0.398 e. The Morgan fingerprint density at radius 3 is 2.28 bits per heavy atom. The zero-order chi connectivity index (χ0) is 14.2. The van der Waals surface area contributed by atoms with E-state index < -0.39 is 24.6 Å². The molecule has 0 saturated carbocycles. The van der Waals surface area contributed by atoms with Gasteiger partial charge in [-0.2, -0.15) is 0 Å². The summed E-state index contributed by atoms with van der Waals surface area (Å²) in [4.78, 5) is 0. The third kappa shape index (κ3) is 3.44. The first kappa shape index (κ1) is 15.4. The van der Waals surface area contributed by atoms with Gasteiger partial charge in [0.15, 0.2) is 9.84 Å². The van der Waals surface area contributed by atoms with Crippen LogP contribution in [-0.2, 0) is 19.9 Å². The summed E-state index contributed by atoms with van der Waals surface area (Å²) in [6.07, 6.45) is 1.07. The van der Waals surface area contributed by atoms with Crippen LogP contribution >= 0.6 is 11.3 Å². The van der Waals surface area contributed by atoms with Crippen molar-refractivity contribution < 1.29 is 16.8 Å². The second-order valence-electron chi connectivity index (χ2n) is 4.56. The molecule has 0 bridgehead atoms. The molecular formula is C9H16N2O4S3. The molecule has 6 nitrogen and oxygen atoms in total. The van der Waals surface area contributed by atoms with Crippen LogP contribution in [0.15, 0.2) is 15.7 Å². The molecule has 1 aromatic heterocycles. The topological polar surface area (TPSA) is 106 Å². The van der Waals surface area contributed by atoms with Gasteiger partial charge >= 0.3 is 0 Å². The summed E-state index contributed by atoms with van der Waals surface area (Å²) in [5.41, 5.74) is 5.81. The van der Waals surface area contributed by atoms with E-state index in [2.05, 4.69) is 4.72 Å². The zero-order valence-corrected chi connectivity index (χ0v) is 12.7. The standard InChI is InChI=1S/C9H16N2O4S3/c1-9(2,17(3,12)13)6-11-18(14,15)8-4-7(10)5-16-8/h4-5,11H,6,10H2,1-3H3. The number of nitrogens with two attached hydrogens (primary N) is 1. The molecule has 0 aliphatic heterocycles. The van der Waals surface area contributed by atoms with Crippen LogP contribution in [0.25, 0.3) is 0 Å². The average Bonchev–Trinajstić information content (AvgIpc) is 2.61. The van der Waals surface area contributed by atoms with Gasteiger partial charge in [-0.25, -0.2) is 21.6 Å². The normalized spacial score (nSPS) is 13.7. The Morgan fingerprint density at radius 1 is 1.33 bits per heavy atom. The summed E-state index contributed by atoms with van der Waals surface area (Å²) in [5.74, 6) is 0. The lowest BCUT2D eigenvalue weighted by molar-refractivity contribution is 0.537.